The van der Waals surface area contributed by atoms with Crippen molar-refractivity contribution in [1.29, 1.82) is 0 Å². The fraction of sp³-hybridized carbons (Fsp3) is 0.200. The van der Waals surface area contributed by atoms with E-state index in [0.717, 1.165) is 16.2 Å². The highest BCUT2D eigenvalue weighted by Crippen LogP contribution is 2.26. The van der Waals surface area contributed by atoms with E-state index in [1.54, 1.807) is 12.1 Å². The van der Waals surface area contributed by atoms with Crippen molar-refractivity contribution in [3.05, 3.63) is 34.7 Å². The highest BCUT2D eigenvalue weighted by Gasteiger charge is 2.30. The van der Waals surface area contributed by atoms with Gasteiger partial charge >= 0.3 is 0 Å². The van der Waals surface area contributed by atoms with Crippen molar-refractivity contribution < 1.29 is 14.4 Å². The SMILES string of the molecule is O=C(CN1C(=O)CCC1=O)Nc1nc(-c2ccc(Cl)cc2)cs1. The van der Waals surface area contributed by atoms with Gasteiger partial charge in [-0.1, -0.05) is 23.7 Å². The summed E-state index contributed by atoms with van der Waals surface area (Å²) >= 11 is 7.12. The third-order valence-electron chi connectivity index (χ3n) is 3.35. The predicted octanol–water partition coefficient (Wildman–Crippen LogP) is 2.55. The second-order valence-corrected chi connectivity index (χ2v) is 6.26. The number of anilines is 1. The molecular formula is C15H12ClN3O3S. The zero-order valence-corrected chi connectivity index (χ0v) is 13.5. The predicted molar refractivity (Wildman–Crippen MR) is 87.1 cm³/mol. The highest BCUT2D eigenvalue weighted by atomic mass is 35.5. The molecule has 1 fully saturated rings. The number of rotatable bonds is 4. The van der Waals surface area contributed by atoms with Gasteiger partial charge in [0.2, 0.25) is 17.7 Å². The minimum atomic E-state index is -0.439. The van der Waals surface area contributed by atoms with E-state index >= 15 is 0 Å². The van der Waals surface area contributed by atoms with Crippen molar-refractivity contribution in [2.45, 2.75) is 12.8 Å². The van der Waals surface area contributed by atoms with Crippen LogP contribution in [0.4, 0.5) is 5.13 Å². The summed E-state index contributed by atoms with van der Waals surface area (Å²) in [5.41, 5.74) is 1.60. The van der Waals surface area contributed by atoms with Gasteiger partial charge < -0.3 is 5.32 Å². The first-order valence-electron chi connectivity index (χ1n) is 6.87. The fourth-order valence-electron chi connectivity index (χ4n) is 2.19. The van der Waals surface area contributed by atoms with Crippen LogP contribution in [0.15, 0.2) is 29.6 Å². The third kappa shape index (κ3) is 3.57. The Morgan fingerprint density at radius 2 is 1.87 bits per heavy atom. The number of hydrogen-bond donors (Lipinski definition) is 1. The van der Waals surface area contributed by atoms with Gasteiger partial charge in [-0.25, -0.2) is 4.98 Å². The molecule has 1 aliphatic rings. The molecule has 2 aromatic rings. The summed E-state index contributed by atoms with van der Waals surface area (Å²) in [6.07, 6.45) is 0.341. The van der Waals surface area contributed by atoms with Crippen LogP contribution in [-0.4, -0.2) is 34.2 Å². The fourth-order valence-corrected chi connectivity index (χ4v) is 3.05. The van der Waals surface area contributed by atoms with E-state index in [9.17, 15) is 14.4 Å². The first-order valence-corrected chi connectivity index (χ1v) is 8.13. The van der Waals surface area contributed by atoms with Crippen LogP contribution in [0.5, 0.6) is 0 Å². The molecule has 0 spiro atoms. The summed E-state index contributed by atoms with van der Waals surface area (Å²) in [6, 6.07) is 7.20. The molecule has 3 rings (SSSR count). The number of nitrogens with zero attached hydrogens (tertiary/aromatic N) is 2. The lowest BCUT2D eigenvalue weighted by atomic mass is 10.2. The van der Waals surface area contributed by atoms with Crippen molar-refractivity contribution in [3.8, 4) is 11.3 Å². The van der Waals surface area contributed by atoms with Gasteiger partial charge in [-0.3, -0.25) is 19.3 Å². The lowest BCUT2D eigenvalue weighted by Crippen LogP contribution is -2.36. The molecule has 118 valence electrons. The second kappa shape index (κ2) is 6.47. The van der Waals surface area contributed by atoms with E-state index < -0.39 is 5.91 Å². The molecule has 3 amide bonds. The Hall–Kier alpha value is -2.25. The second-order valence-electron chi connectivity index (χ2n) is 4.97. The van der Waals surface area contributed by atoms with Crippen LogP contribution in [0.1, 0.15) is 12.8 Å². The highest BCUT2D eigenvalue weighted by molar-refractivity contribution is 7.14. The zero-order valence-electron chi connectivity index (χ0n) is 11.9. The van der Waals surface area contributed by atoms with Crippen LogP contribution in [0.2, 0.25) is 5.02 Å². The quantitative estimate of drug-likeness (QED) is 0.860. The third-order valence-corrected chi connectivity index (χ3v) is 4.36. The molecule has 1 aromatic carbocycles. The maximum atomic E-state index is 11.9. The summed E-state index contributed by atoms with van der Waals surface area (Å²) < 4.78 is 0. The van der Waals surface area contributed by atoms with Gasteiger partial charge in [-0.05, 0) is 12.1 Å². The van der Waals surface area contributed by atoms with E-state index in [-0.39, 0.29) is 31.2 Å². The average molecular weight is 350 g/mol. The van der Waals surface area contributed by atoms with Crippen LogP contribution in [0.25, 0.3) is 11.3 Å². The van der Waals surface area contributed by atoms with Crippen molar-refractivity contribution in [2.24, 2.45) is 0 Å². The number of likely N-dealkylation sites (tertiary alicyclic amines) is 1. The maximum Gasteiger partial charge on any atom is 0.246 e. The summed E-state index contributed by atoms with van der Waals surface area (Å²) in [5.74, 6) is -1.07. The minimum Gasteiger partial charge on any atom is -0.300 e. The van der Waals surface area contributed by atoms with Crippen LogP contribution < -0.4 is 5.32 Å². The Morgan fingerprint density at radius 3 is 2.52 bits per heavy atom. The molecule has 0 unspecified atom stereocenters. The molecule has 23 heavy (non-hydrogen) atoms. The van der Waals surface area contributed by atoms with Crippen LogP contribution >= 0.6 is 22.9 Å². The lowest BCUT2D eigenvalue weighted by Gasteiger charge is -2.12. The monoisotopic (exact) mass is 349 g/mol. The Balaban J connectivity index is 1.64. The molecule has 1 saturated heterocycles. The molecule has 1 aliphatic heterocycles. The maximum absolute atomic E-state index is 11.9. The molecule has 1 aromatic heterocycles. The Morgan fingerprint density at radius 1 is 1.22 bits per heavy atom. The summed E-state index contributed by atoms with van der Waals surface area (Å²) in [6.45, 7) is -0.270. The van der Waals surface area contributed by atoms with E-state index in [2.05, 4.69) is 10.3 Å². The average Bonchev–Trinajstić information content (AvgIpc) is 3.10. The zero-order chi connectivity index (χ0) is 16.4. The molecule has 0 saturated carbocycles. The number of nitrogens with one attached hydrogen (secondary N) is 1. The number of hydrogen-bond acceptors (Lipinski definition) is 5. The van der Waals surface area contributed by atoms with Gasteiger partial charge in [0.05, 0.1) is 5.69 Å². The topological polar surface area (TPSA) is 79.4 Å². The Bertz CT molecular complexity index is 757. The normalized spacial score (nSPS) is 14.4. The molecule has 2 heterocycles. The van der Waals surface area contributed by atoms with Gasteiger partial charge in [0.15, 0.2) is 5.13 Å². The van der Waals surface area contributed by atoms with E-state index in [1.165, 1.54) is 11.3 Å². The van der Waals surface area contributed by atoms with Gasteiger partial charge in [0.25, 0.3) is 0 Å². The van der Waals surface area contributed by atoms with Crippen LogP contribution in [0, 0.1) is 0 Å². The number of imide groups is 1. The molecule has 0 bridgehead atoms. The Labute approximate surface area is 141 Å². The standard InChI is InChI=1S/C15H12ClN3O3S/c16-10-3-1-9(2-4-10)11-8-23-15(17-11)18-12(20)7-19-13(21)5-6-14(19)22/h1-4,8H,5-7H2,(H,17,18,20). The first kappa shape index (κ1) is 15.6. The van der Waals surface area contributed by atoms with Crippen molar-refractivity contribution in [2.75, 3.05) is 11.9 Å². The molecule has 6 nitrogen and oxygen atoms in total. The minimum absolute atomic E-state index is 0.171. The summed E-state index contributed by atoms with van der Waals surface area (Å²) in [4.78, 5) is 40.2. The van der Waals surface area contributed by atoms with E-state index in [1.807, 2.05) is 17.5 Å². The number of carbonyl (C=O) groups excluding carboxylic acids is 3. The summed E-state index contributed by atoms with van der Waals surface area (Å²) in [7, 11) is 0. The van der Waals surface area contributed by atoms with Gasteiger partial charge in [0, 0.05) is 28.8 Å². The molecule has 0 aliphatic carbocycles. The number of benzene rings is 1. The molecular weight excluding hydrogens is 338 g/mol. The van der Waals surface area contributed by atoms with Crippen molar-refractivity contribution in [1.82, 2.24) is 9.88 Å². The molecule has 8 heteroatoms. The number of halogens is 1. The molecule has 0 radical (unpaired) electrons. The van der Waals surface area contributed by atoms with Gasteiger partial charge in [0.1, 0.15) is 6.54 Å². The Kier molecular flexibility index (Phi) is 4.40. The summed E-state index contributed by atoms with van der Waals surface area (Å²) in [5, 5.41) is 5.47. The smallest absolute Gasteiger partial charge is 0.246 e. The van der Waals surface area contributed by atoms with Crippen molar-refractivity contribution in [3.63, 3.8) is 0 Å². The number of amides is 3. The number of aromatic nitrogens is 1. The lowest BCUT2D eigenvalue weighted by molar-refractivity contribution is -0.141. The number of thiazole rings is 1. The van der Waals surface area contributed by atoms with E-state index in [0.29, 0.717) is 10.2 Å². The molecule has 1 N–H and O–H groups in total. The molecule has 0 atom stereocenters. The van der Waals surface area contributed by atoms with Crippen LogP contribution in [0.3, 0.4) is 0 Å². The first-order chi connectivity index (χ1) is 11.0. The van der Waals surface area contributed by atoms with Crippen molar-refractivity contribution >= 4 is 45.8 Å². The van der Waals surface area contributed by atoms with E-state index in [4.69, 9.17) is 11.6 Å². The largest absolute Gasteiger partial charge is 0.300 e. The van der Waals surface area contributed by atoms with Gasteiger partial charge in [-0.15, -0.1) is 11.3 Å². The van der Waals surface area contributed by atoms with Gasteiger partial charge in [-0.2, -0.15) is 0 Å². The van der Waals surface area contributed by atoms with Crippen LogP contribution in [-0.2, 0) is 14.4 Å². The number of carbonyl (C=O) groups is 3.